The van der Waals surface area contributed by atoms with Crippen LogP contribution in [0.2, 0.25) is 5.02 Å². The molecule has 1 aromatic rings. The number of halogens is 1. The predicted octanol–water partition coefficient (Wildman–Crippen LogP) is 1.84. The molecule has 4 heteroatoms. The number of benzene rings is 1. The number of hydrogen-bond donors (Lipinski definition) is 1. The maximum absolute atomic E-state index is 10.4. The van der Waals surface area contributed by atoms with E-state index in [1.807, 2.05) is 0 Å². The van der Waals surface area contributed by atoms with Gasteiger partial charge in [0.25, 0.3) is 0 Å². The van der Waals surface area contributed by atoms with Gasteiger partial charge in [-0.3, -0.25) is 4.79 Å². The molecule has 1 N–H and O–H groups in total. The van der Waals surface area contributed by atoms with Crippen molar-refractivity contribution in [2.24, 2.45) is 0 Å². The standard InChI is InChI=1S/C11H6ClNO2/c12-10-6-8(2-1-5-13)3-4-9(10)7-11(14)15/h3-4,6H,7H2,(H,14,15). The SMILES string of the molecule is N#CC#Cc1ccc(CC(=O)O)c(Cl)c1. The first-order valence-corrected chi connectivity index (χ1v) is 4.41. The highest BCUT2D eigenvalue weighted by atomic mass is 35.5. The second-order valence-corrected chi connectivity index (χ2v) is 3.15. The third kappa shape index (κ3) is 3.34. The topological polar surface area (TPSA) is 61.1 Å². The van der Waals surface area contributed by atoms with E-state index < -0.39 is 5.97 Å². The van der Waals surface area contributed by atoms with Crippen molar-refractivity contribution in [3.8, 4) is 17.9 Å². The molecule has 1 aromatic carbocycles. The van der Waals surface area contributed by atoms with Gasteiger partial charge in [-0.05, 0) is 17.7 Å². The number of carboxylic acids is 1. The van der Waals surface area contributed by atoms with Gasteiger partial charge in [0.05, 0.1) is 6.42 Å². The van der Waals surface area contributed by atoms with Crippen LogP contribution in [0.25, 0.3) is 0 Å². The van der Waals surface area contributed by atoms with Crippen molar-refractivity contribution in [2.45, 2.75) is 6.42 Å². The molecular formula is C11H6ClNO2. The van der Waals surface area contributed by atoms with E-state index in [0.29, 0.717) is 16.1 Å². The molecule has 0 saturated heterocycles. The highest BCUT2D eigenvalue weighted by Gasteiger charge is 2.05. The summed E-state index contributed by atoms with van der Waals surface area (Å²) in [6, 6.07) is 6.46. The Kier molecular flexibility index (Phi) is 3.74. The average Bonchev–Trinajstić information content (AvgIpc) is 2.18. The van der Waals surface area contributed by atoms with Crippen LogP contribution in [0.5, 0.6) is 0 Å². The Morgan fingerprint density at radius 2 is 2.27 bits per heavy atom. The van der Waals surface area contributed by atoms with E-state index in [1.165, 1.54) is 0 Å². The lowest BCUT2D eigenvalue weighted by Crippen LogP contribution is -2.00. The summed E-state index contributed by atoms with van der Waals surface area (Å²) in [5.74, 6) is 3.87. The fourth-order valence-corrected chi connectivity index (χ4v) is 1.28. The van der Waals surface area contributed by atoms with Crippen molar-refractivity contribution in [1.82, 2.24) is 0 Å². The molecule has 3 nitrogen and oxygen atoms in total. The Bertz CT molecular complexity index is 492. The van der Waals surface area contributed by atoms with Crippen LogP contribution in [0.15, 0.2) is 18.2 Å². The lowest BCUT2D eigenvalue weighted by molar-refractivity contribution is -0.136. The monoisotopic (exact) mass is 219 g/mol. The molecule has 0 saturated carbocycles. The average molecular weight is 220 g/mol. The first kappa shape index (κ1) is 11.1. The van der Waals surface area contributed by atoms with E-state index >= 15 is 0 Å². The Hall–Kier alpha value is -1.97. The summed E-state index contributed by atoms with van der Waals surface area (Å²) in [5, 5.41) is 17.2. The van der Waals surface area contributed by atoms with E-state index in [1.54, 1.807) is 24.3 Å². The number of aliphatic carboxylic acids is 1. The minimum absolute atomic E-state index is 0.120. The quantitative estimate of drug-likeness (QED) is 0.772. The molecule has 0 aliphatic rings. The highest BCUT2D eigenvalue weighted by Crippen LogP contribution is 2.18. The second kappa shape index (κ2) is 5.05. The number of carboxylic acid groups (broad SMARTS) is 1. The van der Waals surface area contributed by atoms with Gasteiger partial charge in [0, 0.05) is 16.5 Å². The van der Waals surface area contributed by atoms with Crippen LogP contribution in [0, 0.1) is 23.2 Å². The summed E-state index contributed by atoms with van der Waals surface area (Å²) in [7, 11) is 0. The van der Waals surface area contributed by atoms with Gasteiger partial charge in [-0.2, -0.15) is 5.26 Å². The summed E-state index contributed by atoms with van der Waals surface area (Å²) in [5.41, 5.74) is 1.13. The van der Waals surface area contributed by atoms with Crippen LogP contribution in [0.3, 0.4) is 0 Å². The largest absolute Gasteiger partial charge is 0.481 e. The van der Waals surface area contributed by atoms with Crippen molar-refractivity contribution in [2.75, 3.05) is 0 Å². The number of carbonyl (C=O) groups is 1. The van der Waals surface area contributed by atoms with Gasteiger partial charge in [-0.1, -0.05) is 23.6 Å². The Morgan fingerprint density at radius 3 is 2.80 bits per heavy atom. The van der Waals surface area contributed by atoms with Crippen LogP contribution in [-0.2, 0) is 11.2 Å². The summed E-state index contributed by atoms with van der Waals surface area (Å²) in [6.07, 6.45) is -0.120. The Labute approximate surface area is 91.9 Å². The summed E-state index contributed by atoms with van der Waals surface area (Å²) >= 11 is 5.84. The Morgan fingerprint density at radius 1 is 1.53 bits per heavy atom. The van der Waals surface area contributed by atoms with E-state index in [0.717, 1.165) is 0 Å². The van der Waals surface area contributed by atoms with Crippen LogP contribution >= 0.6 is 11.6 Å². The molecule has 1 rings (SSSR count). The molecule has 0 amide bonds. The molecular weight excluding hydrogens is 214 g/mol. The zero-order valence-electron chi connectivity index (χ0n) is 7.62. The molecule has 0 unspecified atom stereocenters. The van der Waals surface area contributed by atoms with Crippen molar-refractivity contribution in [1.29, 1.82) is 5.26 Å². The molecule has 0 spiro atoms. The molecule has 74 valence electrons. The number of rotatable bonds is 2. The molecule has 0 aliphatic carbocycles. The van der Waals surface area contributed by atoms with E-state index in [2.05, 4.69) is 11.8 Å². The minimum atomic E-state index is -0.937. The summed E-state index contributed by atoms with van der Waals surface area (Å²) in [6.45, 7) is 0. The molecule has 15 heavy (non-hydrogen) atoms. The molecule has 0 aromatic heterocycles. The first-order valence-electron chi connectivity index (χ1n) is 4.04. The third-order valence-electron chi connectivity index (χ3n) is 1.66. The van der Waals surface area contributed by atoms with Crippen molar-refractivity contribution >= 4 is 17.6 Å². The number of nitrogens with zero attached hydrogens (tertiary/aromatic N) is 1. The molecule has 0 bridgehead atoms. The molecule has 0 atom stereocenters. The molecule has 0 aliphatic heterocycles. The normalized spacial score (nSPS) is 8.53. The van der Waals surface area contributed by atoms with Gasteiger partial charge in [-0.25, -0.2) is 0 Å². The van der Waals surface area contributed by atoms with Crippen LogP contribution < -0.4 is 0 Å². The maximum atomic E-state index is 10.4. The predicted molar refractivity (Wildman–Crippen MR) is 55.3 cm³/mol. The van der Waals surface area contributed by atoms with Crippen molar-refractivity contribution in [3.63, 3.8) is 0 Å². The Balaban J connectivity index is 2.99. The fraction of sp³-hybridized carbons (Fsp3) is 0.0909. The summed E-state index contributed by atoms with van der Waals surface area (Å²) in [4.78, 5) is 10.4. The number of nitriles is 1. The van der Waals surface area contributed by atoms with Gasteiger partial charge in [0.15, 0.2) is 6.07 Å². The van der Waals surface area contributed by atoms with Crippen LogP contribution in [-0.4, -0.2) is 11.1 Å². The third-order valence-corrected chi connectivity index (χ3v) is 2.01. The van der Waals surface area contributed by atoms with Crippen molar-refractivity contribution < 1.29 is 9.90 Å². The van der Waals surface area contributed by atoms with Crippen LogP contribution in [0.4, 0.5) is 0 Å². The molecule has 0 heterocycles. The number of hydrogen-bond acceptors (Lipinski definition) is 2. The maximum Gasteiger partial charge on any atom is 0.307 e. The van der Waals surface area contributed by atoms with Crippen LogP contribution in [0.1, 0.15) is 11.1 Å². The van der Waals surface area contributed by atoms with E-state index in [9.17, 15) is 4.79 Å². The molecule has 0 radical (unpaired) electrons. The zero-order chi connectivity index (χ0) is 11.3. The minimum Gasteiger partial charge on any atom is -0.481 e. The summed E-state index contributed by atoms with van der Waals surface area (Å²) < 4.78 is 0. The zero-order valence-corrected chi connectivity index (χ0v) is 8.38. The van der Waals surface area contributed by atoms with Gasteiger partial charge < -0.3 is 5.11 Å². The lowest BCUT2D eigenvalue weighted by Gasteiger charge is -2.00. The fourth-order valence-electron chi connectivity index (χ4n) is 1.03. The van der Waals surface area contributed by atoms with E-state index in [4.69, 9.17) is 22.0 Å². The van der Waals surface area contributed by atoms with Gasteiger partial charge >= 0.3 is 5.97 Å². The van der Waals surface area contributed by atoms with Crippen molar-refractivity contribution in [3.05, 3.63) is 34.3 Å². The van der Waals surface area contributed by atoms with Gasteiger partial charge in [0.2, 0.25) is 0 Å². The first-order chi connectivity index (χ1) is 7.13. The second-order valence-electron chi connectivity index (χ2n) is 2.74. The highest BCUT2D eigenvalue weighted by molar-refractivity contribution is 6.31. The van der Waals surface area contributed by atoms with E-state index in [-0.39, 0.29) is 6.42 Å². The van der Waals surface area contributed by atoms with Gasteiger partial charge in [0.1, 0.15) is 0 Å². The lowest BCUT2D eigenvalue weighted by atomic mass is 10.1. The smallest absolute Gasteiger partial charge is 0.307 e. The molecule has 0 fully saturated rings. The van der Waals surface area contributed by atoms with Gasteiger partial charge in [-0.15, -0.1) is 0 Å².